The van der Waals surface area contributed by atoms with Gasteiger partial charge >= 0.3 is 0 Å². The average Bonchev–Trinajstić information content (AvgIpc) is 2.35. The van der Waals surface area contributed by atoms with Gasteiger partial charge in [-0.1, -0.05) is 0 Å². The van der Waals surface area contributed by atoms with Crippen molar-refractivity contribution in [2.75, 3.05) is 26.7 Å². The van der Waals surface area contributed by atoms with E-state index in [4.69, 9.17) is 11.5 Å². The Morgan fingerprint density at radius 2 is 2.33 bits per heavy atom. The van der Waals surface area contributed by atoms with Crippen molar-refractivity contribution < 1.29 is 0 Å². The van der Waals surface area contributed by atoms with Crippen molar-refractivity contribution in [1.82, 2.24) is 10.2 Å². The highest BCUT2D eigenvalue weighted by Crippen LogP contribution is 2.05. The Morgan fingerprint density at radius 3 is 2.83 bits per heavy atom. The number of hydrogen-bond acceptors (Lipinski definition) is 4. The summed E-state index contributed by atoms with van der Waals surface area (Å²) in [5, 5.41) is 3.44. The van der Waals surface area contributed by atoms with Crippen LogP contribution in [0.1, 0.15) is 12.8 Å². The van der Waals surface area contributed by atoms with Crippen LogP contribution in [-0.2, 0) is 0 Å². The van der Waals surface area contributed by atoms with Crippen LogP contribution in [0.25, 0.3) is 0 Å². The average molecular weight is 172 g/mol. The summed E-state index contributed by atoms with van der Waals surface area (Å²) >= 11 is 0. The highest BCUT2D eigenvalue weighted by Gasteiger charge is 2.17. The number of nitrogens with one attached hydrogen (secondary N) is 1. The van der Waals surface area contributed by atoms with Gasteiger partial charge in [0.15, 0.2) is 0 Å². The second kappa shape index (κ2) is 4.77. The zero-order valence-electron chi connectivity index (χ0n) is 7.79. The van der Waals surface area contributed by atoms with Crippen molar-refractivity contribution in [2.24, 2.45) is 11.5 Å². The summed E-state index contributed by atoms with van der Waals surface area (Å²) < 4.78 is 0. The Labute approximate surface area is 74.3 Å². The van der Waals surface area contributed by atoms with Crippen molar-refractivity contribution in [3.63, 3.8) is 0 Å². The van der Waals surface area contributed by atoms with Crippen LogP contribution in [0.3, 0.4) is 0 Å². The lowest BCUT2D eigenvalue weighted by Gasteiger charge is -2.13. The molecule has 5 N–H and O–H groups in total. The molecule has 4 nitrogen and oxygen atoms in total. The number of rotatable bonds is 4. The van der Waals surface area contributed by atoms with Crippen LogP contribution in [0.5, 0.6) is 0 Å². The van der Waals surface area contributed by atoms with Crippen molar-refractivity contribution in [1.29, 1.82) is 0 Å². The summed E-state index contributed by atoms with van der Waals surface area (Å²) in [6.45, 7) is 3.29. The van der Waals surface area contributed by atoms with Gasteiger partial charge in [0, 0.05) is 12.6 Å². The third kappa shape index (κ3) is 3.49. The lowest BCUT2D eigenvalue weighted by atomic mass is 10.2. The molecular weight excluding hydrogens is 152 g/mol. The van der Waals surface area contributed by atoms with Crippen LogP contribution in [0.2, 0.25) is 0 Å². The second-order valence-electron chi connectivity index (χ2n) is 3.65. The molecule has 0 amide bonds. The summed E-state index contributed by atoms with van der Waals surface area (Å²) in [6, 6.07) is 0.647. The van der Waals surface area contributed by atoms with Gasteiger partial charge in [-0.05, 0) is 33.0 Å². The molecule has 72 valence electrons. The predicted octanol–water partition coefficient (Wildman–Crippen LogP) is -1.09. The molecule has 1 saturated heterocycles. The summed E-state index contributed by atoms with van der Waals surface area (Å²) in [5.41, 5.74) is 10.9. The normalized spacial score (nSPS) is 25.5. The molecule has 12 heavy (non-hydrogen) atoms. The molecule has 1 aliphatic rings. The van der Waals surface area contributed by atoms with Crippen LogP contribution in [0.4, 0.5) is 0 Å². The first-order chi connectivity index (χ1) is 5.68. The summed E-state index contributed by atoms with van der Waals surface area (Å²) in [7, 11) is 2.15. The molecule has 0 aromatic carbocycles. The molecule has 0 aromatic heterocycles. The fourth-order valence-corrected chi connectivity index (χ4v) is 1.56. The Bertz CT molecular complexity index is 126. The van der Waals surface area contributed by atoms with Gasteiger partial charge < -0.3 is 21.7 Å². The topological polar surface area (TPSA) is 67.3 Å². The van der Waals surface area contributed by atoms with Gasteiger partial charge in [0.25, 0.3) is 0 Å². The third-order valence-electron chi connectivity index (χ3n) is 2.30. The number of hydrogen-bond donors (Lipinski definition) is 3. The molecule has 0 aliphatic carbocycles. The van der Waals surface area contributed by atoms with Gasteiger partial charge in [-0.2, -0.15) is 0 Å². The molecule has 0 radical (unpaired) electrons. The summed E-state index contributed by atoms with van der Waals surface area (Å²) in [5.74, 6) is 0. The zero-order valence-corrected chi connectivity index (χ0v) is 7.79. The van der Waals surface area contributed by atoms with Crippen LogP contribution >= 0.6 is 0 Å². The maximum absolute atomic E-state index is 5.43. The number of likely N-dealkylation sites (tertiary alicyclic amines) is 1. The SMILES string of the molecule is CN1CC[C@H](NCCC(N)N)C1. The number of nitrogens with two attached hydrogens (primary N) is 2. The van der Waals surface area contributed by atoms with Gasteiger partial charge in [0.1, 0.15) is 0 Å². The smallest absolute Gasteiger partial charge is 0.0533 e. The molecule has 0 unspecified atom stereocenters. The maximum Gasteiger partial charge on any atom is 0.0533 e. The Hall–Kier alpha value is -0.160. The molecular formula is C8H20N4. The Morgan fingerprint density at radius 1 is 1.58 bits per heavy atom. The quantitative estimate of drug-likeness (QED) is 0.472. The highest BCUT2D eigenvalue weighted by atomic mass is 15.2. The molecule has 0 spiro atoms. The Balaban J connectivity index is 2.00. The van der Waals surface area contributed by atoms with Gasteiger partial charge in [-0.15, -0.1) is 0 Å². The highest BCUT2D eigenvalue weighted by molar-refractivity contribution is 4.78. The van der Waals surface area contributed by atoms with E-state index in [9.17, 15) is 0 Å². The molecule has 1 heterocycles. The molecule has 0 saturated carbocycles. The fraction of sp³-hybridized carbons (Fsp3) is 1.00. The summed E-state index contributed by atoms with van der Waals surface area (Å²) in [4.78, 5) is 2.33. The van der Waals surface area contributed by atoms with Crippen LogP contribution in [0.15, 0.2) is 0 Å². The maximum atomic E-state index is 5.43. The van der Waals surface area contributed by atoms with Gasteiger partial charge in [-0.3, -0.25) is 0 Å². The van der Waals surface area contributed by atoms with E-state index in [-0.39, 0.29) is 6.17 Å². The minimum absolute atomic E-state index is 0.170. The monoisotopic (exact) mass is 172 g/mol. The second-order valence-corrected chi connectivity index (χ2v) is 3.65. The van der Waals surface area contributed by atoms with Gasteiger partial charge in [-0.25, -0.2) is 0 Å². The van der Waals surface area contributed by atoms with E-state index in [1.54, 1.807) is 0 Å². The van der Waals surface area contributed by atoms with E-state index in [1.165, 1.54) is 13.0 Å². The van der Waals surface area contributed by atoms with E-state index in [2.05, 4.69) is 17.3 Å². The molecule has 1 aliphatic heterocycles. The van der Waals surface area contributed by atoms with Crippen LogP contribution < -0.4 is 16.8 Å². The molecule has 1 fully saturated rings. The van der Waals surface area contributed by atoms with Gasteiger partial charge in [0.05, 0.1) is 6.17 Å². The minimum Gasteiger partial charge on any atom is -0.316 e. The van der Waals surface area contributed by atoms with Crippen molar-refractivity contribution in [2.45, 2.75) is 25.0 Å². The molecule has 1 atom stereocenters. The van der Waals surface area contributed by atoms with Crippen molar-refractivity contribution in [3.05, 3.63) is 0 Å². The third-order valence-corrected chi connectivity index (χ3v) is 2.30. The lowest BCUT2D eigenvalue weighted by molar-refractivity contribution is 0.395. The first-order valence-electron chi connectivity index (χ1n) is 4.61. The lowest BCUT2D eigenvalue weighted by Crippen LogP contribution is -2.38. The number of likely N-dealkylation sites (N-methyl/N-ethyl adjacent to an activating group) is 1. The largest absolute Gasteiger partial charge is 0.316 e. The van der Waals surface area contributed by atoms with E-state index >= 15 is 0 Å². The molecule has 1 rings (SSSR count). The van der Waals surface area contributed by atoms with Crippen LogP contribution in [-0.4, -0.2) is 43.8 Å². The minimum atomic E-state index is -0.170. The molecule has 4 heteroatoms. The standard InChI is InChI=1S/C8H20N4/c1-12-5-3-7(6-12)11-4-2-8(9)10/h7-8,11H,2-6,9-10H2,1H3/t7-/m0/s1. The first kappa shape index (κ1) is 9.92. The van der Waals surface area contributed by atoms with Crippen molar-refractivity contribution in [3.8, 4) is 0 Å². The summed E-state index contributed by atoms with van der Waals surface area (Å²) in [6.07, 6.45) is 1.94. The molecule has 0 aromatic rings. The molecule has 0 bridgehead atoms. The van der Waals surface area contributed by atoms with E-state index in [1.807, 2.05) is 0 Å². The number of nitrogens with zero attached hydrogens (tertiary/aromatic N) is 1. The van der Waals surface area contributed by atoms with Gasteiger partial charge in [0.2, 0.25) is 0 Å². The zero-order chi connectivity index (χ0) is 8.97. The van der Waals surface area contributed by atoms with E-state index in [0.717, 1.165) is 19.5 Å². The van der Waals surface area contributed by atoms with E-state index < -0.39 is 0 Å². The first-order valence-corrected chi connectivity index (χ1v) is 4.61. The van der Waals surface area contributed by atoms with Crippen molar-refractivity contribution >= 4 is 0 Å². The predicted molar refractivity (Wildman–Crippen MR) is 50.7 cm³/mol. The van der Waals surface area contributed by atoms with Crippen LogP contribution in [0, 0.1) is 0 Å². The van der Waals surface area contributed by atoms with E-state index in [0.29, 0.717) is 6.04 Å². The fourth-order valence-electron chi connectivity index (χ4n) is 1.56. The Kier molecular flexibility index (Phi) is 3.94.